The Morgan fingerprint density at radius 2 is 2.25 bits per heavy atom. The van der Waals surface area contributed by atoms with Gasteiger partial charge in [-0.25, -0.2) is 4.98 Å². The van der Waals surface area contributed by atoms with Crippen molar-refractivity contribution >= 4 is 29.0 Å². The molecule has 4 rings (SSSR count). The molecule has 1 N–H and O–H groups in total. The Balaban J connectivity index is 1.64. The van der Waals surface area contributed by atoms with E-state index in [-0.39, 0.29) is 11.2 Å². The molecule has 1 atom stereocenters. The van der Waals surface area contributed by atoms with Crippen LogP contribution in [0.2, 0.25) is 0 Å². The van der Waals surface area contributed by atoms with Crippen LogP contribution in [-0.4, -0.2) is 30.7 Å². The van der Waals surface area contributed by atoms with Crippen molar-refractivity contribution in [2.75, 3.05) is 5.32 Å². The van der Waals surface area contributed by atoms with E-state index in [0.717, 1.165) is 41.4 Å². The fourth-order valence-electron chi connectivity index (χ4n) is 2.84. The molecule has 1 aromatic carbocycles. The molecular formula is C17H17N5OS. The summed E-state index contributed by atoms with van der Waals surface area (Å²) >= 11 is 1.48. The van der Waals surface area contributed by atoms with Crippen LogP contribution in [0, 0.1) is 0 Å². The van der Waals surface area contributed by atoms with Gasteiger partial charge in [-0.05, 0) is 30.9 Å². The SMILES string of the molecule is CCc1cc2nncn2c(SC2CCc3ccccc3NC2=O)n1. The highest BCUT2D eigenvalue weighted by Gasteiger charge is 2.26. The van der Waals surface area contributed by atoms with Crippen LogP contribution >= 0.6 is 11.8 Å². The van der Waals surface area contributed by atoms with Crippen LogP contribution in [0.1, 0.15) is 24.6 Å². The highest BCUT2D eigenvalue weighted by Crippen LogP contribution is 2.31. The minimum Gasteiger partial charge on any atom is -0.325 e. The number of carbonyl (C=O) groups is 1. The second-order valence-corrected chi connectivity index (χ2v) is 6.90. The maximum Gasteiger partial charge on any atom is 0.237 e. The summed E-state index contributed by atoms with van der Waals surface area (Å²) in [5, 5.41) is 11.7. The van der Waals surface area contributed by atoms with E-state index in [1.165, 1.54) is 17.3 Å². The van der Waals surface area contributed by atoms with Gasteiger partial charge >= 0.3 is 0 Å². The van der Waals surface area contributed by atoms with Crippen molar-refractivity contribution in [1.82, 2.24) is 19.6 Å². The summed E-state index contributed by atoms with van der Waals surface area (Å²) in [7, 11) is 0. The molecule has 1 aliphatic rings. The Hall–Kier alpha value is -2.41. The minimum absolute atomic E-state index is 0.0230. The average molecular weight is 339 g/mol. The standard InChI is InChI=1S/C17H17N5OS/c1-2-12-9-15-21-18-10-22(15)17(19-12)24-14-8-7-11-5-3-4-6-13(11)20-16(14)23/h3-6,9-10,14H,2,7-8H2,1H3,(H,20,23). The lowest BCUT2D eigenvalue weighted by molar-refractivity contribution is -0.115. The molecule has 7 heteroatoms. The Kier molecular flexibility index (Phi) is 3.93. The lowest BCUT2D eigenvalue weighted by Crippen LogP contribution is -2.24. The zero-order valence-corrected chi connectivity index (χ0v) is 14.1. The molecule has 2 aromatic heterocycles. The zero-order valence-electron chi connectivity index (χ0n) is 13.3. The molecule has 0 saturated heterocycles. The monoisotopic (exact) mass is 339 g/mol. The molecule has 0 spiro atoms. The predicted octanol–water partition coefficient (Wildman–Crippen LogP) is 2.73. The summed E-state index contributed by atoms with van der Waals surface area (Å²) in [5.74, 6) is 0.0230. The predicted molar refractivity (Wildman–Crippen MR) is 93.2 cm³/mol. The molecule has 6 nitrogen and oxygen atoms in total. The molecule has 1 amide bonds. The Morgan fingerprint density at radius 3 is 3.12 bits per heavy atom. The number of rotatable bonds is 3. The molecule has 1 unspecified atom stereocenters. The van der Waals surface area contributed by atoms with Gasteiger partial charge in [0.05, 0.1) is 5.25 Å². The molecule has 3 aromatic rings. The molecular weight excluding hydrogens is 322 g/mol. The van der Waals surface area contributed by atoms with E-state index in [1.54, 1.807) is 6.33 Å². The van der Waals surface area contributed by atoms with Crippen molar-refractivity contribution in [2.24, 2.45) is 0 Å². The Bertz CT molecular complexity index is 907. The first kappa shape index (κ1) is 15.1. The van der Waals surface area contributed by atoms with E-state index in [2.05, 4.69) is 33.5 Å². The molecule has 0 saturated carbocycles. The highest BCUT2D eigenvalue weighted by atomic mass is 32.2. The van der Waals surface area contributed by atoms with Gasteiger partial charge < -0.3 is 5.32 Å². The first-order valence-corrected chi connectivity index (χ1v) is 8.87. The Morgan fingerprint density at radius 1 is 1.38 bits per heavy atom. The van der Waals surface area contributed by atoms with Gasteiger partial charge in [0.25, 0.3) is 0 Å². The van der Waals surface area contributed by atoms with E-state index in [4.69, 9.17) is 0 Å². The van der Waals surface area contributed by atoms with Crippen molar-refractivity contribution in [1.29, 1.82) is 0 Å². The summed E-state index contributed by atoms with van der Waals surface area (Å²) in [6, 6.07) is 9.90. The summed E-state index contributed by atoms with van der Waals surface area (Å²) in [6.45, 7) is 2.05. The number of benzene rings is 1. The van der Waals surface area contributed by atoms with E-state index >= 15 is 0 Å². The van der Waals surface area contributed by atoms with Crippen LogP contribution < -0.4 is 5.32 Å². The van der Waals surface area contributed by atoms with E-state index in [9.17, 15) is 4.79 Å². The molecule has 0 fully saturated rings. The molecule has 0 bridgehead atoms. The molecule has 0 radical (unpaired) electrons. The maximum absolute atomic E-state index is 12.6. The van der Waals surface area contributed by atoms with Gasteiger partial charge in [-0.2, -0.15) is 0 Å². The van der Waals surface area contributed by atoms with E-state index < -0.39 is 0 Å². The molecule has 24 heavy (non-hydrogen) atoms. The van der Waals surface area contributed by atoms with Crippen LogP contribution in [-0.2, 0) is 17.6 Å². The third-order valence-electron chi connectivity index (χ3n) is 4.17. The molecule has 3 heterocycles. The van der Waals surface area contributed by atoms with Gasteiger partial charge in [0.1, 0.15) is 6.33 Å². The van der Waals surface area contributed by atoms with Gasteiger partial charge in [0.15, 0.2) is 10.8 Å². The normalized spacial score (nSPS) is 17.4. The number of fused-ring (bicyclic) bond motifs is 2. The smallest absolute Gasteiger partial charge is 0.237 e. The van der Waals surface area contributed by atoms with Crippen molar-refractivity contribution < 1.29 is 4.79 Å². The fourth-order valence-corrected chi connectivity index (χ4v) is 3.92. The van der Waals surface area contributed by atoms with E-state index in [1.807, 2.05) is 28.7 Å². The average Bonchev–Trinajstić information content (AvgIpc) is 3.01. The van der Waals surface area contributed by atoms with E-state index in [0.29, 0.717) is 0 Å². The lowest BCUT2D eigenvalue weighted by atomic mass is 10.1. The summed E-state index contributed by atoms with van der Waals surface area (Å²) < 4.78 is 1.84. The number of amides is 1. The quantitative estimate of drug-likeness (QED) is 0.743. The summed E-state index contributed by atoms with van der Waals surface area (Å²) in [5.41, 5.74) is 3.81. The highest BCUT2D eigenvalue weighted by molar-refractivity contribution is 8.00. The van der Waals surface area contributed by atoms with Crippen LogP contribution in [0.4, 0.5) is 5.69 Å². The molecule has 1 aliphatic heterocycles. The number of nitrogens with zero attached hydrogens (tertiary/aromatic N) is 4. The number of aromatic nitrogens is 4. The summed E-state index contributed by atoms with van der Waals surface area (Å²) in [4.78, 5) is 17.3. The van der Waals surface area contributed by atoms with Crippen LogP contribution in [0.25, 0.3) is 5.65 Å². The molecule has 122 valence electrons. The van der Waals surface area contributed by atoms with Crippen molar-refractivity contribution in [3.63, 3.8) is 0 Å². The lowest BCUT2D eigenvalue weighted by Gasteiger charge is -2.13. The topological polar surface area (TPSA) is 72.2 Å². The van der Waals surface area contributed by atoms with Gasteiger partial charge in [0.2, 0.25) is 5.91 Å². The molecule has 0 aliphatic carbocycles. The second-order valence-electron chi connectivity index (χ2n) is 5.73. The fraction of sp³-hybridized carbons (Fsp3) is 0.294. The van der Waals surface area contributed by atoms with Gasteiger partial charge in [-0.3, -0.25) is 9.20 Å². The van der Waals surface area contributed by atoms with Crippen molar-refractivity contribution in [2.45, 2.75) is 36.6 Å². The van der Waals surface area contributed by atoms with Gasteiger partial charge in [-0.15, -0.1) is 10.2 Å². The Labute approximate surface area is 143 Å². The first-order chi connectivity index (χ1) is 11.7. The maximum atomic E-state index is 12.6. The van der Waals surface area contributed by atoms with Gasteiger partial charge in [0, 0.05) is 17.4 Å². The summed E-state index contributed by atoms with van der Waals surface area (Å²) in [6.07, 6.45) is 4.10. The van der Waals surface area contributed by atoms with Crippen molar-refractivity contribution in [3.05, 3.63) is 47.9 Å². The zero-order chi connectivity index (χ0) is 16.5. The van der Waals surface area contributed by atoms with Gasteiger partial charge in [-0.1, -0.05) is 36.9 Å². The second kappa shape index (κ2) is 6.24. The number of nitrogens with one attached hydrogen (secondary N) is 1. The number of thioether (sulfide) groups is 1. The number of para-hydroxylation sites is 1. The third kappa shape index (κ3) is 2.75. The number of hydrogen-bond acceptors (Lipinski definition) is 5. The number of hydrogen-bond donors (Lipinski definition) is 1. The number of anilines is 1. The minimum atomic E-state index is -0.192. The largest absolute Gasteiger partial charge is 0.325 e. The number of aryl methyl sites for hydroxylation is 2. The number of carbonyl (C=O) groups excluding carboxylic acids is 1. The van der Waals surface area contributed by atoms with Crippen LogP contribution in [0.15, 0.2) is 41.8 Å². The van der Waals surface area contributed by atoms with Crippen molar-refractivity contribution in [3.8, 4) is 0 Å². The van der Waals surface area contributed by atoms with Crippen LogP contribution in [0.3, 0.4) is 0 Å². The van der Waals surface area contributed by atoms with Crippen LogP contribution in [0.5, 0.6) is 0 Å². The third-order valence-corrected chi connectivity index (χ3v) is 5.40. The first-order valence-electron chi connectivity index (χ1n) is 7.99.